The highest BCUT2D eigenvalue weighted by molar-refractivity contribution is 6.19. The summed E-state index contributed by atoms with van der Waals surface area (Å²) >= 11 is 0. The number of ether oxygens (including phenoxy) is 2. The average Bonchev–Trinajstić information content (AvgIpc) is 2.11. The van der Waals surface area contributed by atoms with E-state index in [4.69, 9.17) is 0 Å². The number of esters is 2. The Balaban J connectivity index is 4.81. The molecule has 0 aliphatic heterocycles. The molecule has 0 N–H and O–H groups in total. The fraction of sp³-hybridized carbons (Fsp3) is 0.375. The summed E-state index contributed by atoms with van der Waals surface area (Å²) in [4.78, 5) is 32.4. The molecule has 0 spiro atoms. The van der Waals surface area contributed by atoms with E-state index in [2.05, 4.69) is 9.47 Å². The predicted octanol–water partition coefficient (Wildman–Crippen LogP) is -0.152. The van der Waals surface area contributed by atoms with Gasteiger partial charge in [-0.15, -0.1) is 0 Å². The number of hydrogen-bond acceptors (Lipinski definition) is 5. The molecule has 0 aromatic carbocycles. The highest BCUT2D eigenvalue weighted by atomic mass is 16.5. The molecule has 13 heavy (non-hydrogen) atoms. The Morgan fingerprint density at radius 3 is 1.92 bits per heavy atom. The molecule has 5 heteroatoms. The van der Waals surface area contributed by atoms with Crippen molar-refractivity contribution >= 4 is 17.7 Å². The minimum absolute atomic E-state index is 0.325. The second kappa shape index (κ2) is 5.08. The zero-order valence-corrected chi connectivity index (χ0v) is 7.62. The van der Waals surface area contributed by atoms with E-state index in [0.29, 0.717) is 0 Å². The van der Waals surface area contributed by atoms with E-state index in [1.807, 2.05) is 0 Å². The van der Waals surface area contributed by atoms with Gasteiger partial charge in [-0.1, -0.05) is 0 Å². The van der Waals surface area contributed by atoms with Gasteiger partial charge in [0.15, 0.2) is 5.78 Å². The van der Waals surface area contributed by atoms with E-state index in [1.54, 1.807) is 0 Å². The molecule has 0 saturated carbocycles. The molecule has 72 valence electrons. The van der Waals surface area contributed by atoms with Crippen LogP contribution in [0.15, 0.2) is 11.6 Å². The van der Waals surface area contributed by atoms with E-state index in [1.165, 1.54) is 0 Å². The number of carbonyl (C=O) groups excluding carboxylic acids is 3. The molecule has 0 fully saturated rings. The van der Waals surface area contributed by atoms with Gasteiger partial charge >= 0.3 is 11.9 Å². The van der Waals surface area contributed by atoms with Gasteiger partial charge in [0.2, 0.25) is 0 Å². The molecule has 0 aromatic heterocycles. The van der Waals surface area contributed by atoms with Gasteiger partial charge in [0.1, 0.15) is 5.57 Å². The molecule has 0 unspecified atom stereocenters. The monoisotopic (exact) mass is 186 g/mol. The van der Waals surface area contributed by atoms with Crippen molar-refractivity contribution in [2.24, 2.45) is 0 Å². The molecule has 0 heterocycles. The lowest BCUT2D eigenvalue weighted by atomic mass is 10.2. The van der Waals surface area contributed by atoms with Crippen molar-refractivity contribution in [3.63, 3.8) is 0 Å². The van der Waals surface area contributed by atoms with Crippen LogP contribution in [0.1, 0.15) is 6.92 Å². The zero-order valence-electron chi connectivity index (χ0n) is 7.62. The first-order chi connectivity index (χ1) is 6.02. The van der Waals surface area contributed by atoms with Gasteiger partial charge in [-0.25, -0.2) is 9.59 Å². The molecule has 0 radical (unpaired) electrons. The molecule has 0 saturated heterocycles. The predicted molar refractivity (Wildman–Crippen MR) is 42.8 cm³/mol. The van der Waals surface area contributed by atoms with E-state index in [9.17, 15) is 14.4 Å². The second-order valence-corrected chi connectivity index (χ2v) is 2.13. The Bertz CT molecular complexity index is 264. The maximum atomic E-state index is 10.9. The van der Waals surface area contributed by atoms with Crippen LogP contribution in [0.2, 0.25) is 0 Å². The van der Waals surface area contributed by atoms with E-state index < -0.39 is 17.7 Å². The Morgan fingerprint density at radius 1 is 1.08 bits per heavy atom. The summed E-state index contributed by atoms with van der Waals surface area (Å²) in [6, 6.07) is 0. The summed E-state index contributed by atoms with van der Waals surface area (Å²) in [6.45, 7) is 1.16. The summed E-state index contributed by atoms with van der Waals surface area (Å²) < 4.78 is 8.53. The highest BCUT2D eigenvalue weighted by Crippen LogP contribution is 1.99. The van der Waals surface area contributed by atoms with Crippen molar-refractivity contribution in [2.45, 2.75) is 6.92 Å². The lowest BCUT2D eigenvalue weighted by Crippen LogP contribution is -2.14. The lowest BCUT2D eigenvalue weighted by Gasteiger charge is -1.99. The van der Waals surface area contributed by atoms with Crippen LogP contribution in [0, 0.1) is 0 Å². The van der Waals surface area contributed by atoms with Crippen LogP contribution in [0.4, 0.5) is 0 Å². The van der Waals surface area contributed by atoms with Crippen molar-refractivity contribution in [3.8, 4) is 0 Å². The van der Waals surface area contributed by atoms with Crippen molar-refractivity contribution in [1.82, 2.24) is 0 Å². The third-order valence-corrected chi connectivity index (χ3v) is 1.25. The van der Waals surface area contributed by atoms with Crippen LogP contribution < -0.4 is 0 Å². The Hall–Kier alpha value is -1.65. The first kappa shape index (κ1) is 11.4. The van der Waals surface area contributed by atoms with Crippen molar-refractivity contribution in [3.05, 3.63) is 11.6 Å². The fourth-order valence-electron chi connectivity index (χ4n) is 0.591. The van der Waals surface area contributed by atoms with Gasteiger partial charge < -0.3 is 9.47 Å². The normalized spacial score (nSPS) is 10.5. The first-order valence-corrected chi connectivity index (χ1v) is 3.41. The zero-order chi connectivity index (χ0) is 10.4. The standard InChI is InChI=1S/C8H10O5/c1-5(9)6(8(11)13-3)4-7(10)12-2/h4H,1-3H3. The molecule has 0 rings (SSSR count). The van der Waals surface area contributed by atoms with Gasteiger partial charge in [0, 0.05) is 6.08 Å². The molecule has 0 atom stereocenters. The minimum Gasteiger partial charge on any atom is -0.466 e. The van der Waals surface area contributed by atoms with Gasteiger partial charge in [-0.2, -0.15) is 0 Å². The highest BCUT2D eigenvalue weighted by Gasteiger charge is 2.16. The second-order valence-electron chi connectivity index (χ2n) is 2.13. The molecule has 5 nitrogen and oxygen atoms in total. The van der Waals surface area contributed by atoms with Crippen LogP contribution in [-0.2, 0) is 23.9 Å². The maximum absolute atomic E-state index is 10.9. The quantitative estimate of drug-likeness (QED) is 0.265. The Labute approximate surface area is 75.3 Å². The van der Waals surface area contributed by atoms with Crippen molar-refractivity contribution in [1.29, 1.82) is 0 Å². The van der Waals surface area contributed by atoms with E-state index in [-0.39, 0.29) is 5.57 Å². The van der Waals surface area contributed by atoms with Gasteiger partial charge in [0.25, 0.3) is 0 Å². The molecular weight excluding hydrogens is 176 g/mol. The van der Waals surface area contributed by atoms with Gasteiger partial charge in [-0.3, -0.25) is 4.79 Å². The number of carbonyl (C=O) groups is 3. The van der Waals surface area contributed by atoms with Gasteiger partial charge in [-0.05, 0) is 6.92 Å². The van der Waals surface area contributed by atoms with Crippen LogP contribution >= 0.6 is 0 Å². The first-order valence-electron chi connectivity index (χ1n) is 3.41. The number of rotatable bonds is 3. The maximum Gasteiger partial charge on any atom is 0.341 e. The van der Waals surface area contributed by atoms with Crippen molar-refractivity contribution < 1.29 is 23.9 Å². The fourth-order valence-corrected chi connectivity index (χ4v) is 0.591. The molecule has 0 amide bonds. The summed E-state index contributed by atoms with van der Waals surface area (Å²) in [7, 11) is 2.27. The van der Waals surface area contributed by atoms with Crippen LogP contribution in [0.5, 0.6) is 0 Å². The molecular formula is C8H10O5. The summed E-state index contributed by atoms with van der Waals surface area (Å²) in [6.07, 6.45) is 0.800. The average molecular weight is 186 g/mol. The van der Waals surface area contributed by atoms with Crippen LogP contribution in [-0.4, -0.2) is 31.9 Å². The SMILES string of the molecule is COC(=O)C=C(C(C)=O)C(=O)OC. The van der Waals surface area contributed by atoms with E-state index in [0.717, 1.165) is 27.2 Å². The topological polar surface area (TPSA) is 69.7 Å². The van der Waals surface area contributed by atoms with Crippen LogP contribution in [0.3, 0.4) is 0 Å². The number of hydrogen-bond donors (Lipinski definition) is 0. The lowest BCUT2D eigenvalue weighted by molar-refractivity contribution is -0.139. The van der Waals surface area contributed by atoms with E-state index >= 15 is 0 Å². The summed E-state index contributed by atoms with van der Waals surface area (Å²) in [5, 5.41) is 0. The largest absolute Gasteiger partial charge is 0.466 e. The van der Waals surface area contributed by atoms with Crippen molar-refractivity contribution in [2.75, 3.05) is 14.2 Å². The molecule has 0 bridgehead atoms. The molecule has 0 aromatic rings. The summed E-state index contributed by atoms with van der Waals surface area (Å²) in [5.74, 6) is -2.16. The van der Waals surface area contributed by atoms with Gasteiger partial charge in [0.05, 0.1) is 14.2 Å². The Kier molecular flexibility index (Phi) is 4.43. The Morgan fingerprint density at radius 2 is 1.62 bits per heavy atom. The third kappa shape index (κ3) is 3.50. The third-order valence-electron chi connectivity index (χ3n) is 1.25. The number of Topliss-reactive ketones (excluding diaryl/α,β-unsaturated/α-hetero) is 1. The molecule has 0 aliphatic carbocycles. The smallest absolute Gasteiger partial charge is 0.341 e. The van der Waals surface area contributed by atoms with Crippen LogP contribution in [0.25, 0.3) is 0 Å². The molecule has 0 aliphatic rings. The number of methoxy groups -OCH3 is 2. The number of ketones is 1. The summed E-state index contributed by atoms with van der Waals surface area (Å²) in [5.41, 5.74) is -0.325. The minimum atomic E-state index is -0.849.